The van der Waals surface area contributed by atoms with Gasteiger partial charge in [-0.15, -0.1) is 0 Å². The van der Waals surface area contributed by atoms with Crippen LogP contribution >= 0.6 is 0 Å². The maximum atomic E-state index is 13.9. The van der Waals surface area contributed by atoms with Gasteiger partial charge in [0, 0.05) is 29.5 Å². The summed E-state index contributed by atoms with van der Waals surface area (Å²) in [5, 5.41) is 31.2. The Labute approximate surface area is 225 Å². The number of allylic oxidation sites excluding steroid dienone is 1. The fourth-order valence-electron chi connectivity index (χ4n) is 5.26. The summed E-state index contributed by atoms with van der Waals surface area (Å²) in [6.45, 7) is 1.86. The van der Waals surface area contributed by atoms with Crippen molar-refractivity contribution in [3.05, 3.63) is 87.1 Å². The number of para-hydroxylation sites is 2. The third kappa shape index (κ3) is 4.81. The highest BCUT2D eigenvalue weighted by Gasteiger charge is 2.37. The predicted molar refractivity (Wildman–Crippen MR) is 144 cm³/mol. The second kappa shape index (κ2) is 10.6. The van der Waals surface area contributed by atoms with Gasteiger partial charge in [0.15, 0.2) is 17.3 Å². The molecule has 0 saturated heterocycles. The van der Waals surface area contributed by atoms with Crippen molar-refractivity contribution in [1.29, 1.82) is 0 Å². The number of Topliss-reactive ketones (excluding diaryl/α,β-unsaturated/α-hetero) is 1. The molecule has 2 aliphatic rings. The lowest BCUT2D eigenvalue weighted by atomic mass is 9.78. The molecule has 39 heavy (non-hydrogen) atoms. The number of nitrogens with one attached hydrogen (secondary N) is 2. The van der Waals surface area contributed by atoms with Gasteiger partial charge in [0.25, 0.3) is 5.69 Å². The molecule has 0 aromatic heterocycles. The number of nitro benzene ring substituents is 1. The minimum Gasteiger partial charge on any atom is -0.865 e. The summed E-state index contributed by atoms with van der Waals surface area (Å²) in [6.07, 6.45) is 0.744. The van der Waals surface area contributed by atoms with Crippen LogP contribution in [-0.4, -0.2) is 31.5 Å². The quantitative estimate of drug-likeness (QED) is 0.317. The van der Waals surface area contributed by atoms with E-state index in [1.165, 1.54) is 12.1 Å². The second-order valence-electron chi connectivity index (χ2n) is 9.34. The normalized spacial score (nSPS) is 18.2. The number of carbonyl (C=O) groups is 1. The number of benzene rings is 3. The zero-order valence-corrected chi connectivity index (χ0v) is 21.8. The average molecular weight is 531 g/mol. The summed E-state index contributed by atoms with van der Waals surface area (Å²) in [5.74, 6) is 0.0162. The molecule has 1 aliphatic heterocycles. The van der Waals surface area contributed by atoms with Crippen LogP contribution in [0.25, 0.3) is 0 Å². The number of anilines is 2. The molecule has 1 aliphatic carbocycles. The van der Waals surface area contributed by atoms with Crippen LogP contribution in [0.5, 0.6) is 23.0 Å². The average Bonchev–Trinajstić information content (AvgIpc) is 3.10. The number of fused-ring (bicyclic) bond motifs is 1. The molecule has 0 fully saturated rings. The molecule has 3 aromatic carbocycles. The van der Waals surface area contributed by atoms with E-state index in [1.54, 1.807) is 21.1 Å². The smallest absolute Gasteiger partial charge is 0.265 e. The lowest BCUT2D eigenvalue weighted by molar-refractivity contribution is -0.398. The minimum absolute atomic E-state index is 0.111. The first kappa shape index (κ1) is 25.9. The van der Waals surface area contributed by atoms with E-state index in [-0.39, 0.29) is 30.5 Å². The molecule has 0 unspecified atom stereocenters. The highest BCUT2D eigenvalue weighted by molar-refractivity contribution is 6.01. The molecule has 2 N–H and O–H groups in total. The number of carbonyl (C=O) groups excluding carboxylic acids is 1. The zero-order chi connectivity index (χ0) is 27.7. The van der Waals surface area contributed by atoms with Crippen LogP contribution in [0.1, 0.15) is 42.9 Å². The number of methoxy groups -OCH3 is 2. The Hall–Kier alpha value is -4.73. The summed E-state index contributed by atoms with van der Waals surface area (Å²) < 4.78 is 16.3. The summed E-state index contributed by atoms with van der Waals surface area (Å²) in [6, 6.07) is 15.1. The first-order valence-corrected chi connectivity index (χ1v) is 12.6. The summed E-state index contributed by atoms with van der Waals surface area (Å²) in [5.41, 5.74) is 3.40. The highest BCUT2D eigenvalue weighted by Crippen LogP contribution is 2.47. The molecule has 10 nitrogen and oxygen atoms in total. The fraction of sp³-hybridized carbons (Fsp3) is 0.276. The lowest BCUT2D eigenvalue weighted by Gasteiger charge is -2.30. The SMILES string of the molecule is CCOc1cc([C@@H]2Nc3ccccc3NC3=C2C(=O)C[C@@H](c2ccc(OC)c(OC)c2)C3)cc([N+](=O)[O-])c1[O-]. The molecular weight excluding hydrogens is 502 g/mol. The van der Waals surface area contributed by atoms with Gasteiger partial charge in [-0.25, -0.2) is 0 Å². The Bertz CT molecular complexity index is 1480. The van der Waals surface area contributed by atoms with Gasteiger partial charge in [-0.3, -0.25) is 14.9 Å². The molecule has 0 saturated carbocycles. The third-order valence-corrected chi connectivity index (χ3v) is 7.08. The number of ether oxygens (including phenoxy) is 3. The molecule has 5 rings (SSSR count). The van der Waals surface area contributed by atoms with Crippen molar-refractivity contribution in [2.75, 3.05) is 31.5 Å². The van der Waals surface area contributed by atoms with Crippen LogP contribution < -0.4 is 30.0 Å². The Morgan fingerprint density at radius 1 is 0.949 bits per heavy atom. The molecule has 0 radical (unpaired) electrons. The third-order valence-electron chi connectivity index (χ3n) is 7.08. The molecule has 202 valence electrons. The Balaban J connectivity index is 1.63. The zero-order valence-electron chi connectivity index (χ0n) is 21.8. The minimum atomic E-state index is -0.796. The van der Waals surface area contributed by atoms with Crippen LogP contribution in [0.4, 0.5) is 17.1 Å². The number of hydrogen-bond acceptors (Lipinski definition) is 9. The van der Waals surface area contributed by atoms with Gasteiger partial charge in [-0.2, -0.15) is 0 Å². The Kier molecular flexibility index (Phi) is 7.02. The van der Waals surface area contributed by atoms with Crippen molar-refractivity contribution in [1.82, 2.24) is 0 Å². The van der Waals surface area contributed by atoms with Gasteiger partial charge in [0.1, 0.15) is 5.75 Å². The lowest BCUT2D eigenvalue weighted by Crippen LogP contribution is -2.27. The molecule has 0 amide bonds. The molecule has 0 spiro atoms. The van der Waals surface area contributed by atoms with Crippen LogP contribution in [-0.2, 0) is 4.79 Å². The van der Waals surface area contributed by atoms with Gasteiger partial charge in [-0.1, -0.05) is 18.2 Å². The molecule has 2 atom stereocenters. The summed E-state index contributed by atoms with van der Waals surface area (Å²) in [4.78, 5) is 24.9. The van der Waals surface area contributed by atoms with Gasteiger partial charge in [0.2, 0.25) is 0 Å². The van der Waals surface area contributed by atoms with E-state index in [4.69, 9.17) is 14.2 Å². The van der Waals surface area contributed by atoms with E-state index < -0.39 is 22.4 Å². The first-order valence-electron chi connectivity index (χ1n) is 12.6. The number of nitrogens with zero attached hydrogens (tertiary/aromatic N) is 1. The highest BCUT2D eigenvalue weighted by atomic mass is 16.6. The largest absolute Gasteiger partial charge is 0.865 e. The first-order chi connectivity index (χ1) is 18.8. The van der Waals surface area contributed by atoms with E-state index >= 15 is 0 Å². The number of hydrogen-bond donors (Lipinski definition) is 2. The van der Waals surface area contributed by atoms with E-state index in [9.17, 15) is 20.0 Å². The Morgan fingerprint density at radius 2 is 1.67 bits per heavy atom. The van der Waals surface area contributed by atoms with Crippen molar-refractivity contribution in [3.8, 4) is 23.0 Å². The standard InChI is InChI=1S/C29H29N3O7/c1-4-39-26-15-18(12-22(29(26)34)32(35)36)28-27-21(30-19-7-5-6-8-20(19)31-28)11-17(13-23(27)33)16-9-10-24(37-2)25(14-16)38-3/h5-10,12,14-15,17,28,30-31,34H,4,11,13H2,1-3H3/p-1/t17-,28-/m0/s1. The van der Waals surface area contributed by atoms with Crippen molar-refractivity contribution in [2.24, 2.45) is 0 Å². The van der Waals surface area contributed by atoms with Crippen molar-refractivity contribution in [2.45, 2.75) is 31.7 Å². The monoisotopic (exact) mass is 530 g/mol. The topological polar surface area (TPSA) is 135 Å². The molecule has 10 heteroatoms. The maximum Gasteiger partial charge on any atom is 0.265 e. The number of ketones is 1. The maximum absolute atomic E-state index is 13.9. The molecule has 0 bridgehead atoms. The molecular formula is C29H28N3O7-. The predicted octanol–water partition coefficient (Wildman–Crippen LogP) is 5.06. The van der Waals surface area contributed by atoms with Crippen molar-refractivity contribution < 1.29 is 29.0 Å². The van der Waals surface area contributed by atoms with Crippen LogP contribution in [0.2, 0.25) is 0 Å². The second-order valence-corrected chi connectivity index (χ2v) is 9.34. The van der Waals surface area contributed by atoms with Gasteiger partial charge in [0.05, 0.1) is 43.2 Å². The number of rotatable bonds is 7. The van der Waals surface area contributed by atoms with E-state index in [0.29, 0.717) is 34.8 Å². The molecule has 3 aromatic rings. The van der Waals surface area contributed by atoms with Crippen LogP contribution in [0.3, 0.4) is 0 Å². The van der Waals surface area contributed by atoms with E-state index in [0.717, 1.165) is 16.9 Å². The van der Waals surface area contributed by atoms with Crippen molar-refractivity contribution >= 4 is 22.8 Å². The van der Waals surface area contributed by atoms with Crippen LogP contribution in [0.15, 0.2) is 65.9 Å². The fourth-order valence-corrected chi connectivity index (χ4v) is 5.26. The number of nitro groups is 1. The van der Waals surface area contributed by atoms with Gasteiger partial charge in [-0.05, 0) is 60.7 Å². The summed E-state index contributed by atoms with van der Waals surface area (Å²) in [7, 11) is 3.14. The van der Waals surface area contributed by atoms with E-state index in [1.807, 2.05) is 42.5 Å². The van der Waals surface area contributed by atoms with Gasteiger partial charge < -0.3 is 30.0 Å². The summed E-state index contributed by atoms with van der Waals surface area (Å²) >= 11 is 0. The van der Waals surface area contributed by atoms with E-state index in [2.05, 4.69) is 10.6 Å². The van der Waals surface area contributed by atoms with Crippen LogP contribution in [0, 0.1) is 10.1 Å². The Morgan fingerprint density at radius 3 is 2.36 bits per heavy atom. The van der Waals surface area contributed by atoms with Crippen molar-refractivity contribution in [3.63, 3.8) is 0 Å². The molecule has 1 heterocycles. The van der Waals surface area contributed by atoms with Gasteiger partial charge >= 0.3 is 0 Å².